The van der Waals surface area contributed by atoms with Gasteiger partial charge in [0.1, 0.15) is 4.99 Å². The van der Waals surface area contributed by atoms with Crippen molar-refractivity contribution >= 4 is 40.5 Å². The zero-order valence-electron chi connectivity index (χ0n) is 11.1. The molecule has 0 saturated carbocycles. The van der Waals surface area contributed by atoms with E-state index in [1.165, 1.54) is 7.11 Å². The van der Waals surface area contributed by atoms with E-state index >= 15 is 0 Å². The van der Waals surface area contributed by atoms with Crippen LogP contribution in [0.2, 0.25) is 5.02 Å². The number of anilines is 1. The summed E-state index contributed by atoms with van der Waals surface area (Å²) in [4.78, 5) is 13.6. The molecule has 0 spiro atoms. The number of carbonyl (C=O) groups is 1. The van der Waals surface area contributed by atoms with E-state index < -0.39 is 0 Å². The highest BCUT2D eigenvalue weighted by atomic mass is 35.5. The van der Waals surface area contributed by atoms with Crippen LogP contribution in [0.1, 0.15) is 12.5 Å². The molecule has 2 N–H and O–H groups in total. The highest BCUT2D eigenvalue weighted by molar-refractivity contribution is 7.80. The number of hydrogen-bond donors (Lipinski definition) is 1. The molecule has 4 nitrogen and oxygen atoms in total. The molecule has 0 radical (unpaired) electrons. The number of nitrogens with zero attached hydrogens (tertiary/aromatic N) is 1. The van der Waals surface area contributed by atoms with Gasteiger partial charge in [-0.3, -0.25) is 4.79 Å². The number of halogens is 1. The first-order chi connectivity index (χ1) is 8.86. The number of carbonyl (C=O) groups excluding carboxylic acids is 1. The van der Waals surface area contributed by atoms with Crippen molar-refractivity contribution in [1.82, 2.24) is 0 Å². The molecule has 6 heteroatoms. The first kappa shape index (κ1) is 15.7. The molecule has 0 heterocycles. The number of hydrogen-bond acceptors (Lipinski definition) is 4. The SMILES string of the molecule is COC(=O)C(C)CN(C)c1ccc(C(N)=S)cc1Cl. The van der Waals surface area contributed by atoms with Gasteiger partial charge in [-0.15, -0.1) is 0 Å². The number of nitrogens with two attached hydrogens (primary N) is 1. The second kappa shape index (κ2) is 6.73. The maximum absolute atomic E-state index is 11.4. The van der Waals surface area contributed by atoms with E-state index in [1.807, 2.05) is 24.1 Å². The first-order valence-electron chi connectivity index (χ1n) is 5.75. The molecule has 0 aliphatic carbocycles. The Labute approximate surface area is 123 Å². The standard InChI is InChI=1S/C13H17ClN2O2S/c1-8(13(17)18-3)7-16(2)11-5-4-9(12(15)19)6-10(11)14/h4-6,8H,7H2,1-3H3,(H2,15,19). The average molecular weight is 301 g/mol. The lowest BCUT2D eigenvalue weighted by Gasteiger charge is -2.23. The third-order valence-electron chi connectivity index (χ3n) is 2.79. The van der Waals surface area contributed by atoms with Crippen LogP contribution < -0.4 is 10.6 Å². The summed E-state index contributed by atoms with van der Waals surface area (Å²) in [5.74, 6) is -0.482. The molecule has 0 aliphatic heterocycles. The third-order valence-corrected chi connectivity index (χ3v) is 3.33. The number of ether oxygens (including phenoxy) is 1. The Morgan fingerprint density at radius 2 is 2.21 bits per heavy atom. The predicted molar refractivity (Wildman–Crippen MR) is 81.8 cm³/mol. The molecular formula is C13H17ClN2O2S. The van der Waals surface area contributed by atoms with Crippen LogP contribution in [0.4, 0.5) is 5.69 Å². The highest BCUT2D eigenvalue weighted by Crippen LogP contribution is 2.26. The minimum Gasteiger partial charge on any atom is -0.469 e. The van der Waals surface area contributed by atoms with E-state index in [2.05, 4.69) is 0 Å². The van der Waals surface area contributed by atoms with Crippen LogP contribution in [0.5, 0.6) is 0 Å². The molecule has 104 valence electrons. The van der Waals surface area contributed by atoms with Gasteiger partial charge in [-0.05, 0) is 18.2 Å². The Balaban J connectivity index is 2.85. The fraction of sp³-hybridized carbons (Fsp3) is 0.385. The molecule has 0 aliphatic rings. The summed E-state index contributed by atoms with van der Waals surface area (Å²) in [7, 11) is 3.24. The average Bonchev–Trinajstić information content (AvgIpc) is 2.37. The molecular weight excluding hydrogens is 284 g/mol. The summed E-state index contributed by atoms with van der Waals surface area (Å²) in [5, 5.41) is 0.546. The lowest BCUT2D eigenvalue weighted by Crippen LogP contribution is -2.29. The fourth-order valence-corrected chi connectivity index (χ4v) is 2.21. The van der Waals surface area contributed by atoms with Crippen LogP contribution in [-0.4, -0.2) is 31.7 Å². The molecule has 0 bridgehead atoms. The largest absolute Gasteiger partial charge is 0.469 e. The maximum Gasteiger partial charge on any atom is 0.310 e. The van der Waals surface area contributed by atoms with Gasteiger partial charge < -0.3 is 15.4 Å². The molecule has 0 amide bonds. The second-order valence-electron chi connectivity index (χ2n) is 4.34. The molecule has 19 heavy (non-hydrogen) atoms. The topological polar surface area (TPSA) is 55.6 Å². The zero-order valence-corrected chi connectivity index (χ0v) is 12.7. The molecule has 0 aromatic heterocycles. The first-order valence-corrected chi connectivity index (χ1v) is 6.53. The van der Waals surface area contributed by atoms with Crippen molar-refractivity contribution in [2.45, 2.75) is 6.92 Å². The quantitative estimate of drug-likeness (QED) is 0.667. The van der Waals surface area contributed by atoms with E-state index in [9.17, 15) is 4.79 Å². The van der Waals surface area contributed by atoms with Crippen LogP contribution in [0, 0.1) is 5.92 Å². The summed E-state index contributed by atoms with van der Waals surface area (Å²) in [6, 6.07) is 5.36. The fourth-order valence-electron chi connectivity index (χ4n) is 1.75. The van der Waals surface area contributed by atoms with Gasteiger partial charge in [0.15, 0.2) is 0 Å². The van der Waals surface area contributed by atoms with Crippen LogP contribution in [0.3, 0.4) is 0 Å². The van der Waals surface area contributed by atoms with Gasteiger partial charge in [0.2, 0.25) is 0 Å². The molecule has 1 aromatic carbocycles. The Morgan fingerprint density at radius 1 is 1.58 bits per heavy atom. The number of esters is 1. The Kier molecular flexibility index (Phi) is 5.57. The lowest BCUT2D eigenvalue weighted by atomic mass is 10.1. The van der Waals surface area contributed by atoms with Gasteiger partial charge in [0, 0.05) is 19.2 Å². The van der Waals surface area contributed by atoms with Gasteiger partial charge in [0.05, 0.1) is 23.7 Å². The van der Waals surface area contributed by atoms with Crippen LogP contribution in [0.25, 0.3) is 0 Å². The lowest BCUT2D eigenvalue weighted by molar-refractivity contribution is -0.144. The smallest absolute Gasteiger partial charge is 0.310 e. The highest BCUT2D eigenvalue weighted by Gasteiger charge is 2.17. The second-order valence-corrected chi connectivity index (χ2v) is 5.18. The van der Waals surface area contributed by atoms with Gasteiger partial charge in [0.25, 0.3) is 0 Å². The number of benzene rings is 1. The summed E-state index contributed by atoms with van der Waals surface area (Å²) >= 11 is 11.1. The third kappa shape index (κ3) is 4.08. The van der Waals surface area contributed by atoms with Crippen LogP contribution in [-0.2, 0) is 9.53 Å². The number of rotatable bonds is 5. The zero-order chi connectivity index (χ0) is 14.6. The normalized spacial score (nSPS) is 11.8. The van der Waals surface area contributed by atoms with Crippen LogP contribution in [0.15, 0.2) is 18.2 Å². The van der Waals surface area contributed by atoms with Gasteiger partial charge in [-0.2, -0.15) is 0 Å². The Hall–Kier alpha value is -1.33. The van der Waals surface area contributed by atoms with Crippen molar-refractivity contribution in [1.29, 1.82) is 0 Å². The van der Waals surface area contributed by atoms with Crippen LogP contribution >= 0.6 is 23.8 Å². The summed E-state index contributed by atoms with van der Waals surface area (Å²) in [6.07, 6.45) is 0. The Morgan fingerprint density at radius 3 is 2.68 bits per heavy atom. The summed E-state index contributed by atoms with van der Waals surface area (Å²) in [5.41, 5.74) is 7.08. The van der Waals surface area contributed by atoms with Gasteiger partial charge in [-0.25, -0.2) is 0 Å². The van der Waals surface area contributed by atoms with Crippen molar-refractivity contribution in [2.24, 2.45) is 11.7 Å². The van der Waals surface area contributed by atoms with Crippen molar-refractivity contribution in [3.05, 3.63) is 28.8 Å². The molecule has 0 saturated heterocycles. The van der Waals surface area contributed by atoms with Crippen molar-refractivity contribution in [3.63, 3.8) is 0 Å². The molecule has 1 atom stereocenters. The molecule has 1 unspecified atom stereocenters. The monoisotopic (exact) mass is 300 g/mol. The van der Waals surface area contributed by atoms with E-state index in [4.69, 9.17) is 34.3 Å². The number of thiocarbonyl (C=S) groups is 1. The minimum absolute atomic E-state index is 0.235. The summed E-state index contributed by atoms with van der Waals surface area (Å²) < 4.78 is 4.70. The predicted octanol–water partition coefficient (Wildman–Crippen LogP) is 2.22. The van der Waals surface area contributed by atoms with E-state index in [-0.39, 0.29) is 11.9 Å². The number of methoxy groups -OCH3 is 1. The molecule has 1 aromatic rings. The maximum atomic E-state index is 11.4. The van der Waals surface area contributed by atoms with Gasteiger partial charge >= 0.3 is 5.97 Å². The van der Waals surface area contributed by atoms with Gasteiger partial charge in [-0.1, -0.05) is 30.7 Å². The minimum atomic E-state index is -0.247. The molecule has 1 rings (SSSR count). The van der Waals surface area contributed by atoms with E-state index in [1.54, 1.807) is 13.0 Å². The van der Waals surface area contributed by atoms with Crippen molar-refractivity contribution in [3.8, 4) is 0 Å². The van der Waals surface area contributed by atoms with E-state index in [0.29, 0.717) is 16.6 Å². The Bertz CT molecular complexity index is 494. The molecule has 0 fully saturated rings. The summed E-state index contributed by atoms with van der Waals surface area (Å²) in [6.45, 7) is 2.32. The van der Waals surface area contributed by atoms with Crippen molar-refractivity contribution < 1.29 is 9.53 Å². The van der Waals surface area contributed by atoms with Crippen molar-refractivity contribution in [2.75, 3.05) is 25.6 Å². The van der Waals surface area contributed by atoms with E-state index in [0.717, 1.165) is 11.3 Å².